The maximum absolute atomic E-state index is 4.29. The average molecular weight is 220 g/mol. The lowest BCUT2D eigenvalue weighted by Gasteiger charge is -2.31. The Morgan fingerprint density at radius 1 is 1.50 bits per heavy atom. The first-order valence-corrected chi connectivity index (χ1v) is 6.29. The molecule has 88 valence electrons. The number of aromatic nitrogens is 2. The van der Waals surface area contributed by atoms with Gasteiger partial charge < -0.3 is 9.88 Å². The molecule has 1 aromatic heterocycles. The van der Waals surface area contributed by atoms with Crippen molar-refractivity contribution >= 4 is 0 Å². The number of nitrogens with one attached hydrogen (secondary N) is 1. The highest BCUT2D eigenvalue weighted by atomic mass is 15.2. The van der Waals surface area contributed by atoms with Crippen LogP contribution in [0, 0.1) is 0 Å². The number of rotatable bonds is 3. The van der Waals surface area contributed by atoms with Gasteiger partial charge in [-0.15, -0.1) is 0 Å². The summed E-state index contributed by atoms with van der Waals surface area (Å²) < 4.78 is 2.37. The molecule has 0 amide bonds. The number of hydrogen-bond donors (Lipinski definition) is 1. The van der Waals surface area contributed by atoms with E-state index in [1.54, 1.807) is 0 Å². The molecule has 3 rings (SSSR count). The maximum Gasteiger partial charge on any atom is 0.0951 e. The van der Waals surface area contributed by atoms with E-state index >= 15 is 0 Å². The monoisotopic (exact) mass is 220 g/mol. The Balaban J connectivity index is 1.66. The highest BCUT2D eigenvalue weighted by Gasteiger charge is 2.26. The van der Waals surface area contributed by atoms with Gasteiger partial charge in [0.2, 0.25) is 0 Å². The van der Waals surface area contributed by atoms with Crippen molar-refractivity contribution in [1.29, 1.82) is 0 Å². The Kier molecular flexibility index (Phi) is 2.69. The minimum atomic E-state index is 0.617. The van der Waals surface area contributed by atoms with E-state index in [2.05, 4.69) is 26.7 Å². The van der Waals surface area contributed by atoms with Crippen LogP contribution in [0.1, 0.15) is 31.5 Å². The van der Waals surface area contributed by atoms with Crippen LogP contribution < -0.4 is 5.32 Å². The third-order valence-electron chi connectivity index (χ3n) is 3.53. The normalized spacial score (nSPS) is 27.2. The molecule has 0 aromatic carbocycles. The summed E-state index contributed by atoms with van der Waals surface area (Å²) in [7, 11) is 0. The number of piperazine rings is 1. The number of hydrogen-bond acceptors (Lipinski definition) is 3. The molecular weight excluding hydrogens is 200 g/mol. The fourth-order valence-corrected chi connectivity index (χ4v) is 2.52. The minimum Gasteiger partial charge on any atom is -0.330 e. The summed E-state index contributed by atoms with van der Waals surface area (Å²) in [5.41, 5.74) is 1.39. The SMILES string of the molecule is CC1CN(Cc2cncn2C2CC2)CCN1. The molecule has 1 saturated carbocycles. The molecule has 2 fully saturated rings. The van der Waals surface area contributed by atoms with Crippen molar-refractivity contribution in [1.82, 2.24) is 19.8 Å². The van der Waals surface area contributed by atoms with E-state index in [9.17, 15) is 0 Å². The highest BCUT2D eigenvalue weighted by molar-refractivity contribution is 5.03. The van der Waals surface area contributed by atoms with Crippen LogP contribution in [0.5, 0.6) is 0 Å². The molecule has 4 nitrogen and oxygen atoms in total. The van der Waals surface area contributed by atoms with Crippen molar-refractivity contribution in [3.05, 3.63) is 18.2 Å². The third kappa shape index (κ3) is 2.13. The smallest absolute Gasteiger partial charge is 0.0951 e. The molecule has 0 bridgehead atoms. The van der Waals surface area contributed by atoms with Crippen LogP contribution in [0.25, 0.3) is 0 Å². The van der Waals surface area contributed by atoms with E-state index < -0.39 is 0 Å². The van der Waals surface area contributed by atoms with Gasteiger partial charge in [-0.2, -0.15) is 0 Å². The largest absolute Gasteiger partial charge is 0.330 e. The quantitative estimate of drug-likeness (QED) is 0.825. The van der Waals surface area contributed by atoms with Crippen LogP contribution in [-0.4, -0.2) is 40.1 Å². The second-order valence-corrected chi connectivity index (χ2v) is 5.11. The molecule has 2 aliphatic rings. The number of nitrogens with zero attached hydrogens (tertiary/aromatic N) is 3. The standard InChI is InChI=1S/C12H20N4/c1-10-7-15(5-4-14-10)8-12-6-13-9-16(12)11-2-3-11/h6,9-11,14H,2-5,7-8H2,1H3. The van der Waals surface area contributed by atoms with Crippen LogP contribution in [-0.2, 0) is 6.54 Å². The molecule has 1 aliphatic carbocycles. The summed E-state index contributed by atoms with van der Waals surface area (Å²) in [5.74, 6) is 0. The summed E-state index contributed by atoms with van der Waals surface area (Å²) in [5, 5.41) is 3.48. The van der Waals surface area contributed by atoms with Crippen LogP contribution in [0.2, 0.25) is 0 Å². The second kappa shape index (κ2) is 4.18. The van der Waals surface area contributed by atoms with E-state index in [4.69, 9.17) is 0 Å². The highest BCUT2D eigenvalue weighted by Crippen LogP contribution is 2.35. The van der Waals surface area contributed by atoms with Crippen molar-refractivity contribution in [2.75, 3.05) is 19.6 Å². The van der Waals surface area contributed by atoms with Crippen molar-refractivity contribution in [3.63, 3.8) is 0 Å². The number of imidazole rings is 1. The van der Waals surface area contributed by atoms with Gasteiger partial charge in [-0.25, -0.2) is 4.98 Å². The van der Waals surface area contributed by atoms with Gasteiger partial charge in [-0.1, -0.05) is 0 Å². The summed E-state index contributed by atoms with van der Waals surface area (Å²) in [6.45, 7) is 6.72. The molecular formula is C12H20N4. The van der Waals surface area contributed by atoms with Crippen molar-refractivity contribution in [2.24, 2.45) is 0 Å². The summed E-state index contributed by atoms with van der Waals surface area (Å²) in [6, 6.07) is 1.36. The fourth-order valence-electron chi connectivity index (χ4n) is 2.52. The zero-order valence-corrected chi connectivity index (χ0v) is 9.89. The Labute approximate surface area is 96.7 Å². The van der Waals surface area contributed by atoms with Gasteiger partial charge in [0.25, 0.3) is 0 Å². The molecule has 1 N–H and O–H groups in total. The van der Waals surface area contributed by atoms with Crippen LogP contribution in [0.4, 0.5) is 0 Å². The minimum absolute atomic E-state index is 0.617. The molecule has 1 saturated heterocycles. The summed E-state index contributed by atoms with van der Waals surface area (Å²) in [4.78, 5) is 6.81. The second-order valence-electron chi connectivity index (χ2n) is 5.11. The van der Waals surface area contributed by atoms with E-state index in [0.717, 1.165) is 32.2 Å². The molecule has 1 aliphatic heterocycles. The third-order valence-corrected chi connectivity index (χ3v) is 3.53. The van der Waals surface area contributed by atoms with E-state index in [-0.39, 0.29) is 0 Å². The molecule has 1 unspecified atom stereocenters. The Morgan fingerprint density at radius 2 is 2.38 bits per heavy atom. The predicted octanol–water partition coefficient (Wildman–Crippen LogP) is 1.01. The van der Waals surface area contributed by atoms with Crippen LogP contribution >= 0.6 is 0 Å². The molecule has 2 heterocycles. The van der Waals surface area contributed by atoms with E-state index in [0.29, 0.717) is 6.04 Å². The van der Waals surface area contributed by atoms with Gasteiger partial charge in [-0.05, 0) is 19.8 Å². The molecule has 1 aromatic rings. The van der Waals surface area contributed by atoms with Crippen LogP contribution in [0.3, 0.4) is 0 Å². The lowest BCUT2D eigenvalue weighted by Crippen LogP contribution is -2.48. The lowest BCUT2D eigenvalue weighted by molar-refractivity contribution is 0.195. The predicted molar refractivity (Wildman–Crippen MR) is 63.2 cm³/mol. The molecule has 4 heteroatoms. The van der Waals surface area contributed by atoms with Gasteiger partial charge >= 0.3 is 0 Å². The maximum atomic E-state index is 4.29. The summed E-state index contributed by atoms with van der Waals surface area (Å²) >= 11 is 0. The fraction of sp³-hybridized carbons (Fsp3) is 0.750. The first-order chi connectivity index (χ1) is 7.83. The molecule has 0 spiro atoms. The average Bonchev–Trinajstić information content (AvgIpc) is 3.00. The Hall–Kier alpha value is -0.870. The van der Waals surface area contributed by atoms with Gasteiger partial charge in [0.05, 0.1) is 12.0 Å². The Morgan fingerprint density at radius 3 is 3.12 bits per heavy atom. The van der Waals surface area contributed by atoms with Crippen molar-refractivity contribution in [3.8, 4) is 0 Å². The molecule has 0 radical (unpaired) electrons. The summed E-state index contributed by atoms with van der Waals surface area (Å²) in [6.07, 6.45) is 6.70. The zero-order chi connectivity index (χ0) is 11.0. The van der Waals surface area contributed by atoms with Gasteiger partial charge in [0.1, 0.15) is 0 Å². The van der Waals surface area contributed by atoms with Gasteiger partial charge in [0, 0.05) is 44.5 Å². The van der Waals surface area contributed by atoms with Crippen molar-refractivity contribution in [2.45, 2.75) is 38.4 Å². The lowest BCUT2D eigenvalue weighted by atomic mass is 10.2. The zero-order valence-electron chi connectivity index (χ0n) is 9.89. The van der Waals surface area contributed by atoms with E-state index in [1.807, 2.05) is 12.5 Å². The molecule has 16 heavy (non-hydrogen) atoms. The van der Waals surface area contributed by atoms with Crippen molar-refractivity contribution < 1.29 is 0 Å². The van der Waals surface area contributed by atoms with Gasteiger partial charge in [-0.3, -0.25) is 4.90 Å². The first-order valence-electron chi connectivity index (χ1n) is 6.29. The van der Waals surface area contributed by atoms with E-state index in [1.165, 1.54) is 18.5 Å². The Bertz CT molecular complexity index is 356. The van der Waals surface area contributed by atoms with Gasteiger partial charge in [0.15, 0.2) is 0 Å². The molecule has 1 atom stereocenters. The topological polar surface area (TPSA) is 33.1 Å². The van der Waals surface area contributed by atoms with Crippen LogP contribution in [0.15, 0.2) is 12.5 Å². The first kappa shape index (κ1) is 10.3.